The van der Waals surface area contributed by atoms with Crippen LogP contribution in [0.2, 0.25) is 5.02 Å². The van der Waals surface area contributed by atoms with Crippen molar-refractivity contribution in [1.82, 2.24) is 4.98 Å². The second kappa shape index (κ2) is 7.35. The Kier molecular flexibility index (Phi) is 5.15. The van der Waals surface area contributed by atoms with Gasteiger partial charge in [-0.3, -0.25) is 9.59 Å². The Balaban J connectivity index is 2.06. The number of carbonyl (C=O) groups excluding carboxylic acids is 2. The summed E-state index contributed by atoms with van der Waals surface area (Å²) in [5, 5.41) is 13.2. The Bertz CT molecular complexity index is 971. The molecule has 1 aromatic carbocycles. The third-order valence-electron chi connectivity index (χ3n) is 3.91. The lowest BCUT2D eigenvalue weighted by Gasteiger charge is -2.08. The number of fused-ring (bicyclic) bond motifs is 1. The molecule has 3 rings (SSSR count). The molecule has 0 atom stereocenters. The topological polar surface area (TPSA) is 95.3 Å². The average Bonchev–Trinajstić information content (AvgIpc) is 3.18. The van der Waals surface area contributed by atoms with E-state index in [9.17, 15) is 9.59 Å². The van der Waals surface area contributed by atoms with E-state index in [0.29, 0.717) is 33.6 Å². The first-order valence-electron chi connectivity index (χ1n) is 8.23. The number of ketones is 1. The SMILES string of the molecule is CC(C)CC(=O)Nc1c(C(=O)c2cc(CO)co2)[nH]c2cc(Cl)ccc12. The predicted molar refractivity (Wildman–Crippen MR) is 99.5 cm³/mol. The number of nitrogens with one attached hydrogen (secondary N) is 2. The van der Waals surface area contributed by atoms with E-state index in [2.05, 4.69) is 10.3 Å². The lowest BCUT2D eigenvalue weighted by molar-refractivity contribution is -0.116. The standard InChI is InChI=1S/C19H19ClN2O4/c1-10(2)5-16(24)22-17-13-4-3-12(20)7-14(13)21-18(17)19(25)15-6-11(8-23)9-26-15/h3-4,6-7,9-10,21,23H,5,8H2,1-2H3,(H,22,24). The molecule has 0 saturated heterocycles. The van der Waals surface area contributed by atoms with Gasteiger partial charge in [0.2, 0.25) is 11.7 Å². The zero-order chi connectivity index (χ0) is 18.8. The monoisotopic (exact) mass is 374 g/mol. The molecule has 0 spiro atoms. The first-order chi connectivity index (χ1) is 12.4. The number of aromatic nitrogens is 1. The van der Waals surface area contributed by atoms with Crippen LogP contribution in [0.3, 0.4) is 0 Å². The van der Waals surface area contributed by atoms with E-state index >= 15 is 0 Å². The Morgan fingerprint density at radius 3 is 2.73 bits per heavy atom. The van der Waals surface area contributed by atoms with Crippen molar-refractivity contribution >= 4 is 39.9 Å². The number of anilines is 1. The van der Waals surface area contributed by atoms with Crippen LogP contribution in [0, 0.1) is 5.92 Å². The van der Waals surface area contributed by atoms with Gasteiger partial charge in [0.15, 0.2) is 5.76 Å². The summed E-state index contributed by atoms with van der Waals surface area (Å²) >= 11 is 6.03. The van der Waals surface area contributed by atoms with Crippen LogP contribution in [0.15, 0.2) is 34.9 Å². The van der Waals surface area contributed by atoms with Gasteiger partial charge in [0.1, 0.15) is 5.69 Å². The quantitative estimate of drug-likeness (QED) is 0.565. The van der Waals surface area contributed by atoms with E-state index in [4.69, 9.17) is 21.1 Å². The molecule has 0 aliphatic carbocycles. The highest BCUT2D eigenvalue weighted by molar-refractivity contribution is 6.31. The van der Waals surface area contributed by atoms with Crippen LogP contribution in [0.5, 0.6) is 0 Å². The largest absolute Gasteiger partial charge is 0.460 e. The van der Waals surface area contributed by atoms with E-state index in [0.717, 1.165) is 0 Å². The van der Waals surface area contributed by atoms with Gasteiger partial charge in [0, 0.05) is 27.9 Å². The Morgan fingerprint density at radius 1 is 1.31 bits per heavy atom. The number of aliphatic hydroxyl groups excluding tert-OH is 1. The van der Waals surface area contributed by atoms with Crippen LogP contribution in [-0.2, 0) is 11.4 Å². The maximum Gasteiger partial charge on any atom is 0.246 e. The van der Waals surface area contributed by atoms with Crippen LogP contribution in [-0.4, -0.2) is 21.8 Å². The van der Waals surface area contributed by atoms with E-state index in [-0.39, 0.29) is 29.9 Å². The van der Waals surface area contributed by atoms with Gasteiger partial charge in [-0.2, -0.15) is 0 Å². The highest BCUT2D eigenvalue weighted by Crippen LogP contribution is 2.32. The molecule has 6 nitrogen and oxygen atoms in total. The molecule has 7 heteroatoms. The zero-order valence-electron chi connectivity index (χ0n) is 14.4. The number of aliphatic hydroxyl groups is 1. The van der Waals surface area contributed by atoms with Crippen molar-refractivity contribution < 1.29 is 19.1 Å². The number of hydrogen-bond donors (Lipinski definition) is 3. The van der Waals surface area contributed by atoms with Gasteiger partial charge in [-0.1, -0.05) is 25.4 Å². The molecule has 0 aliphatic heterocycles. The molecular weight excluding hydrogens is 356 g/mol. The fourth-order valence-electron chi connectivity index (χ4n) is 2.73. The van der Waals surface area contributed by atoms with Crippen molar-refractivity contribution in [3.63, 3.8) is 0 Å². The molecule has 0 unspecified atom stereocenters. The van der Waals surface area contributed by atoms with E-state index in [1.165, 1.54) is 12.3 Å². The lowest BCUT2D eigenvalue weighted by Crippen LogP contribution is -2.16. The minimum atomic E-state index is -0.420. The molecule has 2 aromatic heterocycles. The average molecular weight is 375 g/mol. The minimum Gasteiger partial charge on any atom is -0.460 e. The number of carbonyl (C=O) groups is 2. The molecule has 3 aromatic rings. The fourth-order valence-corrected chi connectivity index (χ4v) is 2.90. The molecule has 0 radical (unpaired) electrons. The number of amides is 1. The fraction of sp³-hybridized carbons (Fsp3) is 0.263. The summed E-state index contributed by atoms with van der Waals surface area (Å²) in [6.45, 7) is 3.66. The first kappa shape index (κ1) is 18.2. The van der Waals surface area contributed by atoms with Gasteiger partial charge in [-0.25, -0.2) is 0 Å². The number of aromatic amines is 1. The van der Waals surface area contributed by atoms with Crippen LogP contribution in [0.25, 0.3) is 10.9 Å². The summed E-state index contributed by atoms with van der Waals surface area (Å²) in [5.41, 5.74) is 1.74. The van der Waals surface area contributed by atoms with Gasteiger partial charge in [-0.05, 0) is 30.2 Å². The Hall–Kier alpha value is -2.57. The lowest BCUT2D eigenvalue weighted by atomic mass is 10.1. The first-order valence-corrected chi connectivity index (χ1v) is 8.61. The molecule has 26 heavy (non-hydrogen) atoms. The number of hydrogen-bond acceptors (Lipinski definition) is 4. The third-order valence-corrected chi connectivity index (χ3v) is 4.14. The summed E-state index contributed by atoms with van der Waals surface area (Å²) < 4.78 is 5.25. The summed E-state index contributed by atoms with van der Waals surface area (Å²) in [7, 11) is 0. The van der Waals surface area contributed by atoms with Gasteiger partial charge in [0.05, 0.1) is 18.6 Å². The maximum atomic E-state index is 12.9. The van der Waals surface area contributed by atoms with Crippen molar-refractivity contribution in [2.45, 2.75) is 26.9 Å². The van der Waals surface area contributed by atoms with Crippen LogP contribution >= 0.6 is 11.6 Å². The second-order valence-corrected chi connectivity index (χ2v) is 6.95. The molecule has 2 heterocycles. The zero-order valence-corrected chi connectivity index (χ0v) is 15.2. The maximum absolute atomic E-state index is 12.9. The summed E-state index contributed by atoms with van der Waals surface area (Å²) in [4.78, 5) is 28.2. The molecule has 0 saturated carbocycles. The van der Waals surface area contributed by atoms with Crippen LogP contribution in [0.4, 0.5) is 5.69 Å². The van der Waals surface area contributed by atoms with Crippen molar-refractivity contribution in [2.75, 3.05) is 5.32 Å². The van der Waals surface area contributed by atoms with E-state index < -0.39 is 5.78 Å². The molecule has 136 valence electrons. The van der Waals surface area contributed by atoms with Crippen molar-refractivity contribution in [2.24, 2.45) is 5.92 Å². The third kappa shape index (κ3) is 3.66. The van der Waals surface area contributed by atoms with Crippen LogP contribution in [0.1, 0.15) is 42.1 Å². The molecule has 1 amide bonds. The van der Waals surface area contributed by atoms with Gasteiger partial charge < -0.3 is 19.8 Å². The predicted octanol–water partition coefficient (Wildman–Crippen LogP) is 4.12. The Morgan fingerprint density at radius 2 is 2.08 bits per heavy atom. The summed E-state index contributed by atoms with van der Waals surface area (Å²) in [6, 6.07) is 6.60. The Labute approximate surface area is 155 Å². The normalized spacial score (nSPS) is 11.3. The van der Waals surface area contributed by atoms with Crippen molar-refractivity contribution in [3.05, 3.63) is 52.6 Å². The summed E-state index contributed by atoms with van der Waals surface area (Å²) in [5.74, 6) is -0.339. The molecule has 0 fully saturated rings. The second-order valence-electron chi connectivity index (χ2n) is 6.52. The van der Waals surface area contributed by atoms with Gasteiger partial charge >= 0.3 is 0 Å². The number of H-pyrrole nitrogens is 1. The smallest absolute Gasteiger partial charge is 0.246 e. The number of halogens is 1. The number of rotatable bonds is 6. The molecule has 0 bridgehead atoms. The molecule has 3 N–H and O–H groups in total. The van der Waals surface area contributed by atoms with Gasteiger partial charge in [-0.15, -0.1) is 0 Å². The molecular formula is C19H19ClN2O4. The van der Waals surface area contributed by atoms with Crippen molar-refractivity contribution in [1.29, 1.82) is 0 Å². The van der Waals surface area contributed by atoms with E-state index in [1.807, 2.05) is 13.8 Å². The summed E-state index contributed by atoms with van der Waals surface area (Å²) in [6.07, 6.45) is 1.66. The van der Waals surface area contributed by atoms with Crippen molar-refractivity contribution in [3.8, 4) is 0 Å². The van der Waals surface area contributed by atoms with Crippen LogP contribution < -0.4 is 5.32 Å². The highest BCUT2D eigenvalue weighted by Gasteiger charge is 2.23. The number of furan rings is 1. The minimum absolute atomic E-state index is 0.0751. The van der Waals surface area contributed by atoms with Gasteiger partial charge in [0.25, 0.3) is 0 Å². The number of benzene rings is 1. The van der Waals surface area contributed by atoms with E-state index in [1.54, 1.807) is 18.2 Å². The molecule has 0 aliphatic rings. The highest BCUT2D eigenvalue weighted by atomic mass is 35.5.